The highest BCUT2D eigenvalue weighted by Crippen LogP contribution is 2.39. The summed E-state index contributed by atoms with van der Waals surface area (Å²) >= 11 is 3.09. The van der Waals surface area contributed by atoms with E-state index in [1.165, 1.54) is 0 Å². The van der Waals surface area contributed by atoms with Gasteiger partial charge in [0.15, 0.2) is 0 Å². The summed E-state index contributed by atoms with van der Waals surface area (Å²) < 4.78 is 0. The first-order valence-corrected chi connectivity index (χ1v) is 5.62. The minimum atomic E-state index is -0.686. The maximum Gasteiger partial charge on any atom is 0.234 e. The minimum Gasteiger partial charge on any atom is -0.377 e. The molecule has 2 N–H and O–H groups in total. The fraction of sp³-hybridized carbons (Fsp3) is 0.364. The van der Waals surface area contributed by atoms with Gasteiger partial charge in [0.2, 0.25) is 5.91 Å². The molecule has 1 aliphatic rings. The van der Waals surface area contributed by atoms with Crippen LogP contribution in [0.4, 0.5) is 5.69 Å². The van der Waals surface area contributed by atoms with E-state index in [1.54, 1.807) is 6.07 Å². The Labute approximate surface area is 96.6 Å². The molecular formula is C11H12BrNO2. The molecule has 2 rings (SSSR count). The third-order valence-corrected chi connectivity index (χ3v) is 3.34. The average Bonchev–Trinajstić information content (AvgIpc) is 2.38. The van der Waals surface area contributed by atoms with Gasteiger partial charge in [0.25, 0.3) is 0 Å². The predicted molar refractivity (Wildman–Crippen MR) is 62.0 cm³/mol. The highest BCUT2D eigenvalue weighted by molar-refractivity contribution is 9.09. The second-order valence-electron chi connectivity index (χ2n) is 4.22. The number of hydrogen-bond acceptors (Lipinski definition) is 2. The standard InChI is InChI=1S/C11H12BrNO2/c1-11(2)7-5-6(9(12)14)3-4-8(7)13-10(11)15/h3-5,9,14H,1-2H3,(H,13,15). The number of carbonyl (C=O) groups is 1. The summed E-state index contributed by atoms with van der Waals surface area (Å²) in [5, 5.41) is 11.5. The van der Waals surface area contributed by atoms with Crippen LogP contribution in [0, 0.1) is 0 Å². The number of carbonyl (C=O) groups excluding carboxylic acids is 1. The first kappa shape index (κ1) is 10.6. The number of hydrogen-bond donors (Lipinski definition) is 2. The van der Waals surface area contributed by atoms with Gasteiger partial charge in [-0.25, -0.2) is 0 Å². The first-order chi connectivity index (χ1) is 6.93. The number of amides is 1. The van der Waals surface area contributed by atoms with Gasteiger partial charge in [-0.3, -0.25) is 4.79 Å². The molecule has 0 aliphatic carbocycles. The van der Waals surface area contributed by atoms with Crippen molar-refractivity contribution in [1.29, 1.82) is 0 Å². The van der Waals surface area contributed by atoms with Crippen molar-refractivity contribution in [1.82, 2.24) is 0 Å². The number of aliphatic hydroxyl groups is 1. The van der Waals surface area contributed by atoms with Gasteiger partial charge in [-0.2, -0.15) is 0 Å². The Balaban J connectivity index is 2.55. The Morgan fingerprint density at radius 2 is 2.13 bits per heavy atom. The Morgan fingerprint density at radius 1 is 1.47 bits per heavy atom. The Kier molecular flexibility index (Phi) is 2.35. The van der Waals surface area contributed by atoms with E-state index in [-0.39, 0.29) is 5.91 Å². The molecule has 80 valence electrons. The molecule has 0 saturated carbocycles. The number of alkyl halides is 1. The zero-order chi connectivity index (χ0) is 11.2. The topological polar surface area (TPSA) is 49.3 Å². The molecular weight excluding hydrogens is 258 g/mol. The summed E-state index contributed by atoms with van der Waals surface area (Å²) in [6.07, 6.45) is 0. The van der Waals surface area contributed by atoms with Gasteiger partial charge < -0.3 is 10.4 Å². The Hall–Kier alpha value is -0.870. The summed E-state index contributed by atoms with van der Waals surface area (Å²) in [7, 11) is 0. The van der Waals surface area contributed by atoms with Crippen LogP contribution in [0.25, 0.3) is 0 Å². The molecule has 1 amide bonds. The van der Waals surface area contributed by atoms with E-state index < -0.39 is 10.4 Å². The third kappa shape index (κ3) is 1.58. The maximum absolute atomic E-state index is 11.6. The fourth-order valence-corrected chi connectivity index (χ4v) is 2.02. The van der Waals surface area contributed by atoms with Crippen LogP contribution in [0.2, 0.25) is 0 Å². The number of benzene rings is 1. The molecule has 0 fully saturated rings. The van der Waals surface area contributed by atoms with Crippen LogP contribution in [0.3, 0.4) is 0 Å². The molecule has 0 radical (unpaired) electrons. The molecule has 4 heteroatoms. The second kappa shape index (κ2) is 3.32. The van der Waals surface area contributed by atoms with Crippen LogP contribution in [0.1, 0.15) is 30.0 Å². The summed E-state index contributed by atoms with van der Waals surface area (Å²) in [6.45, 7) is 3.75. The van der Waals surface area contributed by atoms with Gasteiger partial charge in [0.1, 0.15) is 5.01 Å². The van der Waals surface area contributed by atoms with Crippen LogP contribution >= 0.6 is 15.9 Å². The van der Waals surface area contributed by atoms with Crippen molar-refractivity contribution in [2.75, 3.05) is 5.32 Å². The molecule has 1 aromatic carbocycles. The van der Waals surface area contributed by atoms with Gasteiger partial charge in [0.05, 0.1) is 5.41 Å². The quantitative estimate of drug-likeness (QED) is 0.769. The highest BCUT2D eigenvalue weighted by Gasteiger charge is 2.38. The molecule has 1 atom stereocenters. The summed E-state index contributed by atoms with van der Waals surface area (Å²) in [5.41, 5.74) is 2.01. The lowest BCUT2D eigenvalue weighted by Crippen LogP contribution is -2.26. The molecule has 3 nitrogen and oxygen atoms in total. The number of aliphatic hydroxyl groups excluding tert-OH is 1. The van der Waals surface area contributed by atoms with E-state index in [1.807, 2.05) is 26.0 Å². The molecule has 0 spiro atoms. The van der Waals surface area contributed by atoms with E-state index in [9.17, 15) is 9.90 Å². The summed E-state index contributed by atoms with van der Waals surface area (Å²) in [5.74, 6) is -0.00119. The molecule has 1 aliphatic heterocycles. The van der Waals surface area contributed by atoms with E-state index in [2.05, 4.69) is 21.2 Å². The first-order valence-electron chi connectivity index (χ1n) is 4.71. The van der Waals surface area contributed by atoms with Gasteiger partial charge in [-0.1, -0.05) is 22.0 Å². The van der Waals surface area contributed by atoms with Crippen LogP contribution < -0.4 is 5.32 Å². The normalized spacial score (nSPS) is 19.6. The molecule has 0 aromatic heterocycles. The van der Waals surface area contributed by atoms with Gasteiger partial charge in [-0.15, -0.1) is 0 Å². The Morgan fingerprint density at radius 3 is 2.73 bits per heavy atom. The number of halogens is 1. The largest absolute Gasteiger partial charge is 0.377 e. The molecule has 1 unspecified atom stereocenters. The number of rotatable bonds is 1. The van der Waals surface area contributed by atoms with E-state index in [0.717, 1.165) is 16.8 Å². The molecule has 1 heterocycles. The van der Waals surface area contributed by atoms with E-state index >= 15 is 0 Å². The minimum absolute atomic E-state index is 0.00119. The van der Waals surface area contributed by atoms with Gasteiger partial charge in [-0.05, 0) is 37.1 Å². The van der Waals surface area contributed by atoms with Crippen LogP contribution in [-0.2, 0) is 10.2 Å². The predicted octanol–water partition coefficient (Wildman–Crippen LogP) is 2.30. The van der Waals surface area contributed by atoms with E-state index in [4.69, 9.17) is 0 Å². The fourth-order valence-electron chi connectivity index (χ4n) is 1.74. The summed E-state index contributed by atoms with van der Waals surface area (Å²) in [4.78, 5) is 11.6. The number of fused-ring (bicyclic) bond motifs is 1. The van der Waals surface area contributed by atoms with Crippen LogP contribution in [0.5, 0.6) is 0 Å². The van der Waals surface area contributed by atoms with Crippen LogP contribution in [0.15, 0.2) is 18.2 Å². The summed E-state index contributed by atoms with van der Waals surface area (Å²) in [6, 6.07) is 5.47. The smallest absolute Gasteiger partial charge is 0.234 e. The van der Waals surface area contributed by atoms with Gasteiger partial charge in [0, 0.05) is 5.69 Å². The van der Waals surface area contributed by atoms with Crippen molar-refractivity contribution >= 4 is 27.5 Å². The number of nitrogens with one attached hydrogen (secondary N) is 1. The molecule has 15 heavy (non-hydrogen) atoms. The highest BCUT2D eigenvalue weighted by atomic mass is 79.9. The Bertz CT molecular complexity index is 427. The maximum atomic E-state index is 11.6. The zero-order valence-electron chi connectivity index (χ0n) is 8.54. The average molecular weight is 270 g/mol. The molecule has 1 aromatic rings. The lowest BCUT2D eigenvalue weighted by Gasteiger charge is -2.16. The van der Waals surface area contributed by atoms with Crippen LogP contribution in [-0.4, -0.2) is 11.0 Å². The van der Waals surface area contributed by atoms with Crippen molar-refractivity contribution in [3.8, 4) is 0 Å². The lowest BCUT2D eigenvalue weighted by atomic mass is 9.85. The van der Waals surface area contributed by atoms with Crippen molar-refractivity contribution < 1.29 is 9.90 Å². The lowest BCUT2D eigenvalue weighted by molar-refractivity contribution is -0.119. The monoisotopic (exact) mass is 269 g/mol. The second-order valence-corrected chi connectivity index (χ2v) is 5.09. The van der Waals surface area contributed by atoms with Crippen molar-refractivity contribution in [2.24, 2.45) is 0 Å². The SMILES string of the molecule is CC1(C)C(=O)Nc2ccc(C(O)Br)cc21. The van der Waals surface area contributed by atoms with Crippen molar-refractivity contribution in [3.63, 3.8) is 0 Å². The molecule has 0 saturated heterocycles. The molecule has 0 bridgehead atoms. The third-order valence-electron chi connectivity index (χ3n) is 2.81. The zero-order valence-corrected chi connectivity index (χ0v) is 10.1. The van der Waals surface area contributed by atoms with E-state index in [0.29, 0.717) is 0 Å². The van der Waals surface area contributed by atoms with Gasteiger partial charge >= 0.3 is 0 Å². The number of anilines is 1. The van der Waals surface area contributed by atoms with Crippen molar-refractivity contribution in [3.05, 3.63) is 29.3 Å². The van der Waals surface area contributed by atoms with Crippen molar-refractivity contribution in [2.45, 2.75) is 24.3 Å².